The number of H-pyrrole nitrogens is 2. The van der Waals surface area contributed by atoms with Crippen LogP contribution in [0, 0.1) is 0 Å². The highest BCUT2D eigenvalue weighted by atomic mass is 16.2. The monoisotopic (exact) mass is 519 g/mol. The maximum atomic E-state index is 13.4. The Bertz CT molecular complexity index is 1020. The standard InChI is InChI=1S/C30H45N7O/c1-4-19-37(26(5-2)6-3)27-13-11-25(12-14-27)35-20-23-7-9-24(10-8-23)30(38)36(21-28-31-15-16-32-28)22-29-33-17-18-34-29/h7-10,15-18,25-27,35H,4-6,11-14,19-22H2,1-3H3,(H,31,32)(H,33,34)/t25-,27-. The lowest BCUT2D eigenvalue weighted by Crippen LogP contribution is -2.47. The first-order valence-electron chi connectivity index (χ1n) is 14.4. The molecule has 3 N–H and O–H groups in total. The van der Waals surface area contributed by atoms with E-state index in [0.717, 1.165) is 30.3 Å². The summed E-state index contributed by atoms with van der Waals surface area (Å²) in [6.07, 6.45) is 15.7. The molecule has 8 heteroatoms. The van der Waals surface area contributed by atoms with Crippen molar-refractivity contribution in [3.63, 3.8) is 0 Å². The molecule has 38 heavy (non-hydrogen) atoms. The second-order valence-corrected chi connectivity index (χ2v) is 10.5. The first kappa shape index (κ1) is 28.0. The molecule has 1 saturated carbocycles. The van der Waals surface area contributed by atoms with Gasteiger partial charge in [0, 0.05) is 55.0 Å². The van der Waals surface area contributed by atoms with Crippen molar-refractivity contribution in [1.82, 2.24) is 35.1 Å². The molecule has 206 valence electrons. The van der Waals surface area contributed by atoms with Gasteiger partial charge in [0.15, 0.2) is 0 Å². The van der Waals surface area contributed by atoms with Crippen LogP contribution in [-0.4, -0.2) is 60.3 Å². The highest BCUT2D eigenvalue weighted by molar-refractivity contribution is 5.94. The Morgan fingerprint density at radius 2 is 1.55 bits per heavy atom. The molecular formula is C30H45N7O. The average molecular weight is 520 g/mol. The molecule has 8 nitrogen and oxygen atoms in total. The van der Waals surface area contributed by atoms with E-state index in [9.17, 15) is 4.79 Å². The SMILES string of the molecule is CCCN(C(CC)CC)[C@H]1CC[C@H](NCc2ccc(C(=O)N(Cc3ncc[nH]3)Cc3ncc[nH]3)cc2)CC1. The van der Waals surface area contributed by atoms with Gasteiger partial charge in [-0.1, -0.05) is 32.9 Å². The van der Waals surface area contributed by atoms with Gasteiger partial charge >= 0.3 is 0 Å². The van der Waals surface area contributed by atoms with Crippen LogP contribution in [0.4, 0.5) is 0 Å². The largest absolute Gasteiger partial charge is 0.347 e. The number of hydrogen-bond acceptors (Lipinski definition) is 5. The zero-order chi connectivity index (χ0) is 26.7. The zero-order valence-corrected chi connectivity index (χ0v) is 23.3. The van der Waals surface area contributed by atoms with E-state index in [2.05, 4.69) is 63.1 Å². The fourth-order valence-corrected chi connectivity index (χ4v) is 5.83. The molecule has 2 heterocycles. The number of imidazole rings is 2. The molecule has 0 unspecified atom stereocenters. The number of nitrogens with zero attached hydrogens (tertiary/aromatic N) is 4. The molecular weight excluding hydrogens is 474 g/mol. The molecule has 0 spiro atoms. The van der Waals surface area contributed by atoms with Crippen molar-refractivity contribution in [1.29, 1.82) is 0 Å². The van der Waals surface area contributed by atoms with Gasteiger partial charge in [-0.2, -0.15) is 0 Å². The number of benzene rings is 1. The molecule has 1 aromatic carbocycles. The van der Waals surface area contributed by atoms with Crippen LogP contribution in [0.2, 0.25) is 0 Å². The third kappa shape index (κ3) is 7.54. The van der Waals surface area contributed by atoms with E-state index < -0.39 is 0 Å². The topological polar surface area (TPSA) is 92.9 Å². The summed E-state index contributed by atoms with van der Waals surface area (Å²) in [7, 11) is 0. The fraction of sp³-hybridized carbons (Fsp3) is 0.567. The Balaban J connectivity index is 1.29. The van der Waals surface area contributed by atoms with Gasteiger partial charge in [-0.15, -0.1) is 0 Å². The fourth-order valence-electron chi connectivity index (χ4n) is 5.83. The van der Waals surface area contributed by atoms with Crippen LogP contribution in [0.1, 0.15) is 93.3 Å². The van der Waals surface area contributed by atoms with Gasteiger partial charge < -0.3 is 20.2 Å². The number of carbonyl (C=O) groups excluding carboxylic acids is 1. The molecule has 0 bridgehead atoms. The van der Waals surface area contributed by atoms with Crippen LogP contribution in [0.3, 0.4) is 0 Å². The molecule has 1 amide bonds. The van der Waals surface area contributed by atoms with Crippen molar-refractivity contribution in [3.05, 3.63) is 71.8 Å². The summed E-state index contributed by atoms with van der Waals surface area (Å²) >= 11 is 0. The number of nitrogens with one attached hydrogen (secondary N) is 3. The number of rotatable bonds is 14. The summed E-state index contributed by atoms with van der Waals surface area (Å²) in [5.41, 5.74) is 1.88. The van der Waals surface area contributed by atoms with Crippen molar-refractivity contribution < 1.29 is 4.79 Å². The van der Waals surface area contributed by atoms with Crippen LogP contribution in [-0.2, 0) is 19.6 Å². The van der Waals surface area contributed by atoms with Crippen LogP contribution in [0.5, 0.6) is 0 Å². The van der Waals surface area contributed by atoms with Crippen LogP contribution < -0.4 is 5.32 Å². The van der Waals surface area contributed by atoms with Gasteiger partial charge in [0.25, 0.3) is 5.91 Å². The van der Waals surface area contributed by atoms with Gasteiger partial charge in [-0.25, -0.2) is 9.97 Å². The average Bonchev–Trinajstić information content (AvgIpc) is 3.67. The van der Waals surface area contributed by atoms with Crippen molar-refractivity contribution in [2.24, 2.45) is 0 Å². The number of aromatic amines is 2. The van der Waals surface area contributed by atoms with Crippen molar-refractivity contribution in [2.45, 2.75) is 103 Å². The van der Waals surface area contributed by atoms with E-state index in [-0.39, 0.29) is 5.91 Å². The van der Waals surface area contributed by atoms with Crippen LogP contribution >= 0.6 is 0 Å². The predicted octanol–water partition coefficient (Wildman–Crippen LogP) is 5.28. The molecule has 0 atom stereocenters. The first-order valence-corrected chi connectivity index (χ1v) is 14.4. The quantitative estimate of drug-likeness (QED) is 0.270. The molecule has 0 aliphatic heterocycles. The van der Waals surface area contributed by atoms with Crippen LogP contribution in [0.15, 0.2) is 49.1 Å². The highest BCUT2D eigenvalue weighted by Gasteiger charge is 2.28. The van der Waals surface area contributed by atoms with E-state index >= 15 is 0 Å². The molecule has 1 aliphatic carbocycles. The molecule has 2 aromatic heterocycles. The predicted molar refractivity (Wildman–Crippen MR) is 151 cm³/mol. The molecule has 1 aliphatic rings. The van der Waals surface area contributed by atoms with Gasteiger partial charge in [0.2, 0.25) is 0 Å². The van der Waals surface area contributed by atoms with Crippen molar-refractivity contribution >= 4 is 5.91 Å². The zero-order valence-electron chi connectivity index (χ0n) is 23.3. The Morgan fingerprint density at radius 1 is 0.947 bits per heavy atom. The maximum Gasteiger partial charge on any atom is 0.254 e. The third-order valence-electron chi connectivity index (χ3n) is 7.93. The number of aromatic nitrogens is 4. The van der Waals surface area contributed by atoms with E-state index in [1.54, 1.807) is 29.7 Å². The minimum Gasteiger partial charge on any atom is -0.347 e. The van der Waals surface area contributed by atoms with Gasteiger partial charge in [-0.05, 0) is 69.2 Å². The van der Waals surface area contributed by atoms with E-state index in [4.69, 9.17) is 0 Å². The summed E-state index contributed by atoms with van der Waals surface area (Å²) < 4.78 is 0. The number of hydrogen-bond donors (Lipinski definition) is 3. The Kier molecular flexibility index (Phi) is 10.5. The lowest BCUT2D eigenvalue weighted by molar-refractivity contribution is 0.0721. The lowest BCUT2D eigenvalue weighted by atomic mass is 9.88. The highest BCUT2D eigenvalue weighted by Crippen LogP contribution is 2.27. The van der Waals surface area contributed by atoms with Gasteiger partial charge in [0.05, 0.1) is 13.1 Å². The molecule has 3 aromatic rings. The maximum absolute atomic E-state index is 13.4. The first-order chi connectivity index (χ1) is 18.6. The van der Waals surface area contributed by atoms with E-state index in [1.807, 2.05) is 12.1 Å². The van der Waals surface area contributed by atoms with Crippen molar-refractivity contribution in [3.8, 4) is 0 Å². The second kappa shape index (κ2) is 14.3. The summed E-state index contributed by atoms with van der Waals surface area (Å²) in [4.78, 5) is 32.7. The lowest BCUT2D eigenvalue weighted by Gasteiger charge is -2.41. The minimum absolute atomic E-state index is 0.0373. The van der Waals surface area contributed by atoms with Crippen molar-refractivity contribution in [2.75, 3.05) is 6.54 Å². The molecule has 1 fully saturated rings. The Morgan fingerprint density at radius 3 is 2.05 bits per heavy atom. The third-order valence-corrected chi connectivity index (χ3v) is 7.93. The van der Waals surface area contributed by atoms with E-state index in [0.29, 0.717) is 24.7 Å². The summed E-state index contributed by atoms with van der Waals surface area (Å²) in [6, 6.07) is 10.0. The minimum atomic E-state index is -0.0373. The Labute approximate surface area is 227 Å². The molecule has 0 saturated heterocycles. The Hall–Kier alpha value is -2.97. The molecule has 4 rings (SSSR count). The number of carbonyl (C=O) groups is 1. The molecule has 0 radical (unpaired) electrons. The smallest absolute Gasteiger partial charge is 0.254 e. The van der Waals surface area contributed by atoms with Gasteiger partial charge in [0.1, 0.15) is 11.6 Å². The summed E-state index contributed by atoms with van der Waals surface area (Å²) in [5.74, 6) is 1.46. The summed E-state index contributed by atoms with van der Waals surface area (Å²) in [6.45, 7) is 9.81. The number of amides is 1. The normalized spacial score (nSPS) is 17.8. The van der Waals surface area contributed by atoms with Crippen LogP contribution in [0.25, 0.3) is 0 Å². The van der Waals surface area contributed by atoms with E-state index in [1.165, 1.54) is 57.1 Å². The summed E-state index contributed by atoms with van der Waals surface area (Å²) in [5, 5.41) is 3.78. The second-order valence-electron chi connectivity index (χ2n) is 10.5. The van der Waals surface area contributed by atoms with Gasteiger partial charge in [-0.3, -0.25) is 9.69 Å².